The average molecular weight is 374 g/mol. The van der Waals surface area contributed by atoms with Crippen molar-refractivity contribution in [2.45, 2.75) is 18.8 Å². The molecule has 0 unspecified atom stereocenters. The molecular formula is C19H20F2N4O2. The third kappa shape index (κ3) is 3.75. The van der Waals surface area contributed by atoms with Gasteiger partial charge in [-0.05, 0) is 37.1 Å². The van der Waals surface area contributed by atoms with Crippen LogP contribution in [0.2, 0.25) is 0 Å². The Morgan fingerprint density at radius 3 is 2.37 bits per heavy atom. The number of piperazine rings is 1. The third-order valence-corrected chi connectivity index (χ3v) is 5.11. The van der Waals surface area contributed by atoms with Crippen LogP contribution in [0.15, 0.2) is 24.3 Å². The van der Waals surface area contributed by atoms with Gasteiger partial charge in [0.2, 0.25) is 0 Å². The standard InChI is InChI=1S/C19H20F2N4O2/c20-14-5-3-12(4-6-14)15(26)11-24-7-9-25(10-8-24)19(27)18-16(21)17(22-23-18)13-1-2-13/h3-6,13H,1-2,7-11H2,(H,22,23). The van der Waals surface area contributed by atoms with Crippen LogP contribution in [0.3, 0.4) is 0 Å². The average Bonchev–Trinajstić information content (AvgIpc) is 3.44. The second-order valence-electron chi connectivity index (χ2n) is 7.07. The summed E-state index contributed by atoms with van der Waals surface area (Å²) in [6, 6.07) is 5.46. The molecule has 27 heavy (non-hydrogen) atoms. The number of hydrogen-bond acceptors (Lipinski definition) is 4. The van der Waals surface area contributed by atoms with Crippen molar-refractivity contribution in [1.29, 1.82) is 0 Å². The van der Waals surface area contributed by atoms with Crippen molar-refractivity contribution in [2.24, 2.45) is 0 Å². The molecule has 4 rings (SSSR count). The molecule has 2 aromatic rings. The Morgan fingerprint density at radius 1 is 1.07 bits per heavy atom. The zero-order chi connectivity index (χ0) is 19.0. The van der Waals surface area contributed by atoms with Gasteiger partial charge in [0.25, 0.3) is 5.91 Å². The van der Waals surface area contributed by atoms with Gasteiger partial charge in [-0.15, -0.1) is 0 Å². The van der Waals surface area contributed by atoms with Crippen LogP contribution >= 0.6 is 0 Å². The van der Waals surface area contributed by atoms with E-state index >= 15 is 0 Å². The Labute approximate surface area is 155 Å². The van der Waals surface area contributed by atoms with E-state index in [9.17, 15) is 18.4 Å². The normalized spacial score (nSPS) is 17.9. The molecular weight excluding hydrogens is 354 g/mol. The van der Waals surface area contributed by atoms with Gasteiger partial charge >= 0.3 is 0 Å². The first-order valence-corrected chi connectivity index (χ1v) is 9.07. The van der Waals surface area contributed by atoms with Crippen molar-refractivity contribution in [2.75, 3.05) is 32.7 Å². The predicted octanol–water partition coefficient (Wildman–Crippen LogP) is 2.21. The number of nitrogens with zero attached hydrogens (tertiary/aromatic N) is 3. The summed E-state index contributed by atoms with van der Waals surface area (Å²) >= 11 is 0. The van der Waals surface area contributed by atoms with Crippen molar-refractivity contribution in [3.8, 4) is 0 Å². The van der Waals surface area contributed by atoms with Gasteiger partial charge < -0.3 is 4.90 Å². The van der Waals surface area contributed by atoms with Gasteiger partial charge in [0, 0.05) is 37.7 Å². The van der Waals surface area contributed by atoms with Gasteiger partial charge in [-0.3, -0.25) is 19.6 Å². The molecule has 2 aliphatic rings. The van der Waals surface area contributed by atoms with E-state index in [1.807, 2.05) is 4.90 Å². The quantitative estimate of drug-likeness (QED) is 0.815. The van der Waals surface area contributed by atoms with Crippen LogP contribution in [0.25, 0.3) is 0 Å². The maximum absolute atomic E-state index is 14.4. The Kier molecular flexibility index (Phi) is 4.73. The molecule has 0 atom stereocenters. The van der Waals surface area contributed by atoms with E-state index in [0.717, 1.165) is 12.8 Å². The summed E-state index contributed by atoms with van der Waals surface area (Å²) < 4.78 is 27.3. The molecule has 0 radical (unpaired) electrons. The van der Waals surface area contributed by atoms with Crippen molar-refractivity contribution < 1.29 is 18.4 Å². The number of H-pyrrole nitrogens is 1. The summed E-state index contributed by atoms with van der Waals surface area (Å²) in [5.41, 5.74) is 0.746. The molecule has 0 bridgehead atoms. The number of nitrogens with one attached hydrogen (secondary N) is 1. The molecule has 2 heterocycles. The van der Waals surface area contributed by atoms with E-state index in [1.165, 1.54) is 24.3 Å². The van der Waals surface area contributed by atoms with Crippen LogP contribution in [-0.4, -0.2) is 64.4 Å². The smallest absolute Gasteiger partial charge is 0.277 e. The Bertz CT molecular complexity index is 853. The second kappa shape index (κ2) is 7.19. The number of amides is 1. The summed E-state index contributed by atoms with van der Waals surface area (Å²) in [6.45, 7) is 2.04. The zero-order valence-electron chi connectivity index (χ0n) is 14.8. The van der Waals surface area contributed by atoms with Crippen molar-refractivity contribution in [3.63, 3.8) is 0 Å². The highest BCUT2D eigenvalue weighted by atomic mass is 19.1. The lowest BCUT2D eigenvalue weighted by Crippen LogP contribution is -2.50. The molecule has 142 valence electrons. The molecule has 0 spiro atoms. The molecule has 2 fully saturated rings. The summed E-state index contributed by atoms with van der Waals surface area (Å²) in [5.74, 6) is -1.26. The molecule has 1 aromatic heterocycles. The number of ketones is 1. The molecule has 1 saturated carbocycles. The molecule has 8 heteroatoms. The third-order valence-electron chi connectivity index (χ3n) is 5.11. The van der Waals surface area contributed by atoms with Crippen LogP contribution in [-0.2, 0) is 0 Å². The molecule has 1 aliphatic heterocycles. The summed E-state index contributed by atoms with van der Waals surface area (Å²) in [7, 11) is 0. The lowest BCUT2D eigenvalue weighted by Gasteiger charge is -2.33. The Morgan fingerprint density at radius 2 is 1.74 bits per heavy atom. The monoisotopic (exact) mass is 374 g/mol. The van der Waals surface area contributed by atoms with E-state index < -0.39 is 11.7 Å². The van der Waals surface area contributed by atoms with E-state index in [0.29, 0.717) is 37.4 Å². The number of halogens is 2. The van der Waals surface area contributed by atoms with E-state index in [4.69, 9.17) is 0 Å². The molecule has 6 nitrogen and oxygen atoms in total. The van der Waals surface area contributed by atoms with Crippen LogP contribution in [0, 0.1) is 11.6 Å². The first-order chi connectivity index (χ1) is 13.0. The number of hydrogen-bond donors (Lipinski definition) is 1. The molecule has 1 N–H and O–H groups in total. The van der Waals surface area contributed by atoms with Crippen LogP contribution < -0.4 is 0 Å². The predicted molar refractivity (Wildman–Crippen MR) is 93.6 cm³/mol. The highest BCUT2D eigenvalue weighted by Crippen LogP contribution is 2.40. The van der Waals surface area contributed by atoms with Crippen LogP contribution in [0.1, 0.15) is 45.3 Å². The lowest BCUT2D eigenvalue weighted by molar-refractivity contribution is 0.0615. The zero-order valence-corrected chi connectivity index (χ0v) is 14.8. The number of carbonyl (C=O) groups is 2. The number of benzene rings is 1. The fraction of sp³-hybridized carbons (Fsp3) is 0.421. The SMILES string of the molecule is O=C(CN1CCN(C(=O)c2n[nH]c(C3CC3)c2F)CC1)c1ccc(F)cc1. The summed E-state index contributed by atoms with van der Waals surface area (Å²) in [4.78, 5) is 28.3. The molecule has 1 saturated heterocycles. The number of Topliss-reactive ketones (excluding diaryl/α,β-unsaturated/α-hetero) is 1. The fourth-order valence-electron chi connectivity index (χ4n) is 3.32. The number of aromatic amines is 1. The first-order valence-electron chi connectivity index (χ1n) is 9.07. The van der Waals surface area contributed by atoms with Gasteiger partial charge in [0.1, 0.15) is 5.82 Å². The maximum atomic E-state index is 14.4. The number of rotatable bonds is 5. The first kappa shape index (κ1) is 17.8. The number of aromatic nitrogens is 2. The lowest BCUT2D eigenvalue weighted by atomic mass is 10.1. The molecule has 1 amide bonds. The Balaban J connectivity index is 1.32. The van der Waals surface area contributed by atoms with Gasteiger partial charge in [0.05, 0.1) is 12.2 Å². The maximum Gasteiger partial charge on any atom is 0.277 e. The van der Waals surface area contributed by atoms with Gasteiger partial charge in [0.15, 0.2) is 17.3 Å². The Hall–Kier alpha value is -2.61. The van der Waals surface area contributed by atoms with Gasteiger partial charge in [-0.2, -0.15) is 5.10 Å². The van der Waals surface area contributed by atoms with E-state index in [2.05, 4.69) is 10.2 Å². The van der Waals surface area contributed by atoms with Gasteiger partial charge in [-0.25, -0.2) is 8.78 Å². The van der Waals surface area contributed by atoms with Crippen molar-refractivity contribution >= 4 is 11.7 Å². The van der Waals surface area contributed by atoms with Gasteiger partial charge in [-0.1, -0.05) is 0 Å². The second-order valence-corrected chi connectivity index (χ2v) is 7.07. The number of carbonyl (C=O) groups excluding carboxylic acids is 2. The highest BCUT2D eigenvalue weighted by Gasteiger charge is 2.33. The van der Waals surface area contributed by atoms with Crippen molar-refractivity contribution in [3.05, 3.63) is 52.9 Å². The minimum Gasteiger partial charge on any atom is -0.335 e. The molecule has 1 aliphatic carbocycles. The van der Waals surface area contributed by atoms with Crippen LogP contribution in [0.5, 0.6) is 0 Å². The van der Waals surface area contributed by atoms with Crippen LogP contribution in [0.4, 0.5) is 8.78 Å². The fourth-order valence-corrected chi connectivity index (χ4v) is 3.32. The largest absolute Gasteiger partial charge is 0.335 e. The summed E-state index contributed by atoms with van der Waals surface area (Å²) in [5, 5.41) is 6.54. The van der Waals surface area contributed by atoms with E-state index in [1.54, 1.807) is 4.90 Å². The molecule has 1 aromatic carbocycles. The van der Waals surface area contributed by atoms with Crippen molar-refractivity contribution in [1.82, 2.24) is 20.0 Å². The highest BCUT2D eigenvalue weighted by molar-refractivity contribution is 5.97. The topological polar surface area (TPSA) is 69.3 Å². The summed E-state index contributed by atoms with van der Waals surface area (Å²) in [6.07, 6.45) is 1.85. The minimum absolute atomic E-state index is 0.0952. The minimum atomic E-state index is -0.531. The van der Waals surface area contributed by atoms with E-state index in [-0.39, 0.29) is 29.8 Å².